The van der Waals surface area contributed by atoms with Crippen LogP contribution in [0.3, 0.4) is 0 Å². The normalized spacial score (nSPS) is 29.1. The molecule has 1 saturated carbocycles. The largest absolute Gasteiger partial charge is 0.307 e. The molecule has 2 fully saturated rings. The van der Waals surface area contributed by atoms with Crippen LogP contribution in [0.1, 0.15) is 50.7 Å². The number of likely N-dealkylation sites (N-methyl/N-ethyl adjacent to an activating group) is 1. The Morgan fingerprint density at radius 3 is 2.68 bits per heavy atom. The van der Waals surface area contributed by atoms with Crippen LogP contribution >= 0.6 is 11.3 Å². The van der Waals surface area contributed by atoms with E-state index in [0.29, 0.717) is 0 Å². The van der Waals surface area contributed by atoms with Crippen LogP contribution in [-0.4, -0.2) is 36.1 Å². The van der Waals surface area contributed by atoms with Gasteiger partial charge in [-0.1, -0.05) is 20.8 Å². The lowest BCUT2D eigenvalue weighted by Gasteiger charge is -2.27. The number of aromatic nitrogens is 1. The van der Waals surface area contributed by atoms with Crippen molar-refractivity contribution in [2.24, 2.45) is 0 Å². The molecule has 0 radical (unpaired) electrons. The molecule has 1 aromatic rings. The van der Waals surface area contributed by atoms with Crippen molar-refractivity contribution in [2.75, 3.05) is 20.1 Å². The van der Waals surface area contributed by atoms with Gasteiger partial charge in [-0.15, -0.1) is 11.3 Å². The minimum absolute atomic E-state index is 0.0940. The van der Waals surface area contributed by atoms with Crippen molar-refractivity contribution in [1.82, 2.24) is 15.2 Å². The third-order valence-electron chi connectivity index (χ3n) is 4.52. The molecule has 2 aliphatic rings. The number of likely N-dealkylation sites (tertiary alicyclic amines) is 1. The van der Waals surface area contributed by atoms with Gasteiger partial charge in [-0.05, 0) is 26.3 Å². The predicted octanol–water partition coefficient (Wildman–Crippen LogP) is 2.72. The zero-order valence-electron chi connectivity index (χ0n) is 12.5. The summed E-state index contributed by atoms with van der Waals surface area (Å²) in [6, 6.07) is 0.859. The SMILES string of the molecule is CNC1(c2nc(C(C)(C)C)cs2)CCN(C2CC2)C1. The fourth-order valence-electron chi connectivity index (χ4n) is 2.91. The molecule has 1 aliphatic carbocycles. The highest BCUT2D eigenvalue weighted by Gasteiger charge is 2.45. The Bertz CT molecular complexity index is 458. The zero-order valence-corrected chi connectivity index (χ0v) is 13.3. The first kappa shape index (κ1) is 13.5. The molecule has 1 aliphatic heterocycles. The van der Waals surface area contributed by atoms with Crippen LogP contribution in [0.15, 0.2) is 5.38 Å². The van der Waals surface area contributed by atoms with Crippen molar-refractivity contribution in [3.63, 3.8) is 0 Å². The van der Waals surface area contributed by atoms with Crippen molar-refractivity contribution in [2.45, 2.75) is 57.0 Å². The Kier molecular flexibility index (Phi) is 3.23. The van der Waals surface area contributed by atoms with Gasteiger partial charge in [0.25, 0.3) is 0 Å². The molecule has 106 valence electrons. The molecule has 0 spiro atoms. The summed E-state index contributed by atoms with van der Waals surface area (Å²) in [5.41, 5.74) is 1.47. The molecule has 0 amide bonds. The van der Waals surface area contributed by atoms with Crippen molar-refractivity contribution in [1.29, 1.82) is 0 Å². The maximum atomic E-state index is 4.95. The Balaban J connectivity index is 1.84. The molecule has 1 N–H and O–H groups in total. The van der Waals surface area contributed by atoms with E-state index in [1.165, 1.54) is 36.5 Å². The van der Waals surface area contributed by atoms with E-state index < -0.39 is 0 Å². The summed E-state index contributed by atoms with van der Waals surface area (Å²) >= 11 is 1.83. The fourth-order valence-corrected chi connectivity index (χ4v) is 4.19. The highest BCUT2D eigenvalue weighted by Crippen LogP contribution is 2.40. The van der Waals surface area contributed by atoms with Gasteiger partial charge in [-0.3, -0.25) is 4.90 Å². The van der Waals surface area contributed by atoms with Crippen LogP contribution in [0.5, 0.6) is 0 Å². The van der Waals surface area contributed by atoms with E-state index in [0.717, 1.165) is 12.6 Å². The van der Waals surface area contributed by atoms with E-state index in [1.807, 2.05) is 11.3 Å². The first-order valence-electron chi connectivity index (χ1n) is 7.34. The van der Waals surface area contributed by atoms with Crippen molar-refractivity contribution >= 4 is 11.3 Å². The van der Waals surface area contributed by atoms with E-state index >= 15 is 0 Å². The molecule has 1 aromatic heterocycles. The van der Waals surface area contributed by atoms with Gasteiger partial charge in [0.1, 0.15) is 5.01 Å². The first-order valence-corrected chi connectivity index (χ1v) is 8.22. The Labute approximate surface area is 120 Å². The molecule has 19 heavy (non-hydrogen) atoms. The summed E-state index contributed by atoms with van der Waals surface area (Å²) < 4.78 is 0. The molecule has 1 unspecified atom stereocenters. The summed E-state index contributed by atoms with van der Waals surface area (Å²) in [4.78, 5) is 7.60. The van der Waals surface area contributed by atoms with E-state index in [4.69, 9.17) is 4.98 Å². The Morgan fingerprint density at radius 2 is 2.16 bits per heavy atom. The van der Waals surface area contributed by atoms with Gasteiger partial charge in [0, 0.05) is 29.9 Å². The molecule has 3 nitrogen and oxygen atoms in total. The van der Waals surface area contributed by atoms with E-state index in [-0.39, 0.29) is 11.0 Å². The summed E-state index contributed by atoms with van der Waals surface area (Å²) in [5.74, 6) is 0. The second-order valence-corrected chi connectivity index (χ2v) is 7.93. The van der Waals surface area contributed by atoms with Crippen molar-refractivity contribution < 1.29 is 0 Å². The van der Waals surface area contributed by atoms with E-state index in [1.54, 1.807) is 0 Å². The number of thiazole rings is 1. The van der Waals surface area contributed by atoms with Crippen LogP contribution < -0.4 is 5.32 Å². The van der Waals surface area contributed by atoms with Gasteiger partial charge in [0.05, 0.1) is 11.2 Å². The van der Waals surface area contributed by atoms with Gasteiger partial charge < -0.3 is 5.32 Å². The van der Waals surface area contributed by atoms with Gasteiger partial charge in [-0.25, -0.2) is 4.98 Å². The monoisotopic (exact) mass is 279 g/mol. The molecule has 1 saturated heterocycles. The number of nitrogens with one attached hydrogen (secondary N) is 1. The molecule has 3 rings (SSSR count). The standard InChI is InChI=1S/C15H25N3S/c1-14(2,3)12-9-19-13(17-12)15(16-4)7-8-18(10-15)11-5-6-11/h9,11,16H,5-8,10H2,1-4H3. The summed E-state index contributed by atoms with van der Waals surface area (Å²) in [7, 11) is 2.09. The lowest BCUT2D eigenvalue weighted by Crippen LogP contribution is -2.43. The maximum Gasteiger partial charge on any atom is 0.114 e. The topological polar surface area (TPSA) is 28.2 Å². The van der Waals surface area contributed by atoms with E-state index in [2.05, 4.69) is 43.4 Å². The minimum atomic E-state index is 0.0940. The zero-order chi connectivity index (χ0) is 13.7. The molecule has 4 heteroatoms. The summed E-state index contributed by atoms with van der Waals surface area (Å²) in [6.45, 7) is 9.07. The third kappa shape index (κ3) is 2.46. The van der Waals surface area contributed by atoms with Gasteiger partial charge in [0.15, 0.2) is 0 Å². The molecule has 2 heterocycles. The molecular weight excluding hydrogens is 254 g/mol. The second kappa shape index (κ2) is 4.54. The quantitative estimate of drug-likeness (QED) is 0.922. The van der Waals surface area contributed by atoms with E-state index in [9.17, 15) is 0 Å². The number of hydrogen-bond acceptors (Lipinski definition) is 4. The summed E-state index contributed by atoms with van der Waals surface area (Å²) in [6.07, 6.45) is 3.98. The lowest BCUT2D eigenvalue weighted by molar-refractivity contribution is 0.283. The van der Waals surface area contributed by atoms with Crippen LogP contribution in [-0.2, 0) is 11.0 Å². The summed E-state index contributed by atoms with van der Waals surface area (Å²) in [5, 5.41) is 7.10. The molecular formula is C15H25N3S. The average Bonchev–Trinajstić information content (AvgIpc) is 2.93. The number of hydrogen-bond donors (Lipinski definition) is 1. The Hall–Kier alpha value is -0.450. The van der Waals surface area contributed by atoms with Gasteiger partial charge >= 0.3 is 0 Å². The van der Waals surface area contributed by atoms with Crippen molar-refractivity contribution in [3.05, 3.63) is 16.1 Å². The van der Waals surface area contributed by atoms with Crippen LogP contribution in [0.4, 0.5) is 0 Å². The smallest absolute Gasteiger partial charge is 0.114 e. The third-order valence-corrected chi connectivity index (χ3v) is 5.57. The molecule has 1 atom stereocenters. The lowest BCUT2D eigenvalue weighted by atomic mass is 9.93. The highest BCUT2D eigenvalue weighted by molar-refractivity contribution is 7.09. The second-order valence-electron chi connectivity index (χ2n) is 7.07. The van der Waals surface area contributed by atoms with Gasteiger partial charge in [-0.2, -0.15) is 0 Å². The highest BCUT2D eigenvalue weighted by atomic mass is 32.1. The maximum absolute atomic E-state index is 4.95. The fraction of sp³-hybridized carbons (Fsp3) is 0.800. The molecule has 0 aromatic carbocycles. The van der Waals surface area contributed by atoms with Gasteiger partial charge in [0.2, 0.25) is 0 Å². The minimum Gasteiger partial charge on any atom is -0.307 e. The van der Waals surface area contributed by atoms with Crippen LogP contribution in [0, 0.1) is 0 Å². The van der Waals surface area contributed by atoms with Crippen molar-refractivity contribution in [3.8, 4) is 0 Å². The average molecular weight is 279 g/mol. The predicted molar refractivity (Wildman–Crippen MR) is 80.8 cm³/mol. The first-order chi connectivity index (χ1) is 8.94. The number of rotatable bonds is 3. The van der Waals surface area contributed by atoms with Crippen LogP contribution in [0.25, 0.3) is 0 Å². The van der Waals surface area contributed by atoms with Crippen LogP contribution in [0.2, 0.25) is 0 Å². The Morgan fingerprint density at radius 1 is 1.42 bits per heavy atom. The number of nitrogens with zero attached hydrogens (tertiary/aromatic N) is 2. The molecule has 0 bridgehead atoms.